The summed E-state index contributed by atoms with van der Waals surface area (Å²) in [5, 5.41) is 10.4. The number of ether oxygens (including phenoxy) is 1. The van der Waals surface area contributed by atoms with Gasteiger partial charge in [0, 0.05) is 6.42 Å². The number of carbonyl (C=O) groups is 1. The zero-order valence-corrected chi connectivity index (χ0v) is 10.7. The molecule has 1 fully saturated rings. The summed E-state index contributed by atoms with van der Waals surface area (Å²) in [6.45, 7) is 6.57. The van der Waals surface area contributed by atoms with E-state index in [1.54, 1.807) is 6.92 Å². The van der Waals surface area contributed by atoms with E-state index in [0.717, 1.165) is 12.8 Å². The third kappa shape index (κ3) is 4.12. The minimum atomic E-state index is -0.649. The lowest BCUT2D eigenvalue weighted by Crippen LogP contribution is -2.38. The summed E-state index contributed by atoms with van der Waals surface area (Å²) < 4.78 is 4.88. The van der Waals surface area contributed by atoms with Gasteiger partial charge in [0.2, 0.25) is 0 Å². The minimum Gasteiger partial charge on any atom is -0.466 e. The van der Waals surface area contributed by atoms with Crippen LogP contribution in [0, 0.1) is 11.8 Å². The second-order valence-corrected chi connectivity index (χ2v) is 5.38. The van der Waals surface area contributed by atoms with Crippen LogP contribution in [0.2, 0.25) is 0 Å². The van der Waals surface area contributed by atoms with Gasteiger partial charge in [-0.25, -0.2) is 0 Å². The van der Waals surface area contributed by atoms with Crippen molar-refractivity contribution in [3.8, 4) is 0 Å². The molecule has 2 unspecified atom stereocenters. The van der Waals surface area contributed by atoms with Crippen LogP contribution in [-0.4, -0.2) is 23.3 Å². The maximum Gasteiger partial charge on any atom is 0.305 e. The van der Waals surface area contributed by atoms with E-state index in [1.807, 2.05) is 0 Å². The molecule has 16 heavy (non-hydrogen) atoms. The van der Waals surface area contributed by atoms with Crippen LogP contribution in [0.5, 0.6) is 0 Å². The largest absolute Gasteiger partial charge is 0.466 e. The van der Waals surface area contributed by atoms with E-state index in [-0.39, 0.29) is 5.97 Å². The van der Waals surface area contributed by atoms with Gasteiger partial charge in [-0.05, 0) is 44.4 Å². The highest BCUT2D eigenvalue weighted by molar-refractivity contribution is 5.69. The Balaban J connectivity index is 2.41. The van der Waals surface area contributed by atoms with E-state index in [0.29, 0.717) is 31.3 Å². The van der Waals surface area contributed by atoms with E-state index in [2.05, 4.69) is 13.8 Å². The van der Waals surface area contributed by atoms with Crippen LogP contribution in [0.15, 0.2) is 0 Å². The highest BCUT2D eigenvalue weighted by Crippen LogP contribution is 2.38. The van der Waals surface area contributed by atoms with Gasteiger partial charge in [0.15, 0.2) is 0 Å². The molecular weight excluding hydrogens is 204 g/mol. The molecule has 2 atom stereocenters. The van der Waals surface area contributed by atoms with Crippen LogP contribution >= 0.6 is 0 Å². The van der Waals surface area contributed by atoms with Gasteiger partial charge >= 0.3 is 5.97 Å². The van der Waals surface area contributed by atoms with E-state index >= 15 is 0 Å². The summed E-state index contributed by atoms with van der Waals surface area (Å²) in [5.74, 6) is 0.911. The molecular formula is C13H24O3. The van der Waals surface area contributed by atoms with Crippen LogP contribution in [0.3, 0.4) is 0 Å². The van der Waals surface area contributed by atoms with Crippen LogP contribution in [0.1, 0.15) is 52.9 Å². The number of hydrogen-bond donors (Lipinski definition) is 1. The molecule has 0 aromatic carbocycles. The highest BCUT2D eigenvalue weighted by Gasteiger charge is 2.36. The lowest BCUT2D eigenvalue weighted by Gasteiger charge is -2.38. The van der Waals surface area contributed by atoms with Crippen LogP contribution < -0.4 is 0 Å². The Labute approximate surface area is 98.2 Å². The average Bonchev–Trinajstić information content (AvgIpc) is 2.13. The van der Waals surface area contributed by atoms with Gasteiger partial charge in [-0.1, -0.05) is 13.8 Å². The monoisotopic (exact) mass is 228 g/mol. The van der Waals surface area contributed by atoms with Gasteiger partial charge in [0.25, 0.3) is 0 Å². The Bertz CT molecular complexity index is 227. The van der Waals surface area contributed by atoms with Crippen molar-refractivity contribution in [3.05, 3.63) is 0 Å². The number of esters is 1. The SMILES string of the molecule is CCOC(=O)CCC1(O)CC(C)CC(C)C1. The van der Waals surface area contributed by atoms with E-state index in [4.69, 9.17) is 4.74 Å². The van der Waals surface area contributed by atoms with Gasteiger partial charge in [0.05, 0.1) is 12.2 Å². The molecule has 1 aliphatic rings. The second kappa shape index (κ2) is 5.67. The second-order valence-electron chi connectivity index (χ2n) is 5.38. The summed E-state index contributed by atoms with van der Waals surface area (Å²) in [6, 6.07) is 0. The van der Waals surface area contributed by atoms with Gasteiger partial charge in [-0.2, -0.15) is 0 Å². The van der Waals surface area contributed by atoms with Gasteiger partial charge in [0.1, 0.15) is 0 Å². The number of carbonyl (C=O) groups excluding carboxylic acids is 1. The van der Waals surface area contributed by atoms with Crippen molar-refractivity contribution in [1.82, 2.24) is 0 Å². The van der Waals surface area contributed by atoms with E-state index < -0.39 is 5.60 Å². The fraction of sp³-hybridized carbons (Fsp3) is 0.923. The van der Waals surface area contributed by atoms with Crippen molar-refractivity contribution in [2.75, 3.05) is 6.61 Å². The van der Waals surface area contributed by atoms with Crippen LogP contribution in [0.4, 0.5) is 0 Å². The standard InChI is InChI=1S/C13H24O3/c1-4-16-12(14)5-6-13(15)8-10(2)7-11(3)9-13/h10-11,15H,4-9H2,1-3H3. The molecule has 0 radical (unpaired) electrons. The van der Waals surface area contributed by atoms with Gasteiger partial charge in [-0.3, -0.25) is 4.79 Å². The minimum absolute atomic E-state index is 0.193. The Morgan fingerprint density at radius 3 is 2.44 bits per heavy atom. The van der Waals surface area contributed by atoms with Crippen LogP contribution in [0.25, 0.3) is 0 Å². The molecule has 1 saturated carbocycles. The van der Waals surface area contributed by atoms with Crippen molar-refractivity contribution in [1.29, 1.82) is 0 Å². The molecule has 0 saturated heterocycles. The molecule has 94 valence electrons. The molecule has 0 amide bonds. The first-order chi connectivity index (χ1) is 7.45. The smallest absolute Gasteiger partial charge is 0.305 e. The number of hydrogen-bond acceptors (Lipinski definition) is 3. The first-order valence-corrected chi connectivity index (χ1v) is 6.33. The van der Waals surface area contributed by atoms with Crippen LogP contribution in [-0.2, 0) is 9.53 Å². The Morgan fingerprint density at radius 2 is 1.94 bits per heavy atom. The van der Waals surface area contributed by atoms with Crippen molar-refractivity contribution in [2.45, 2.75) is 58.5 Å². The number of rotatable bonds is 4. The van der Waals surface area contributed by atoms with E-state index in [9.17, 15) is 9.90 Å². The molecule has 0 aliphatic heterocycles. The number of aliphatic hydroxyl groups is 1. The summed E-state index contributed by atoms with van der Waals surface area (Å²) in [5.41, 5.74) is -0.649. The predicted molar refractivity (Wildman–Crippen MR) is 63.0 cm³/mol. The maximum absolute atomic E-state index is 11.3. The normalized spacial score (nSPS) is 34.8. The van der Waals surface area contributed by atoms with Gasteiger partial charge < -0.3 is 9.84 Å². The quantitative estimate of drug-likeness (QED) is 0.752. The molecule has 0 aromatic heterocycles. The summed E-state index contributed by atoms with van der Waals surface area (Å²) in [7, 11) is 0. The fourth-order valence-corrected chi connectivity index (χ4v) is 3.01. The highest BCUT2D eigenvalue weighted by atomic mass is 16.5. The topological polar surface area (TPSA) is 46.5 Å². The third-order valence-corrected chi connectivity index (χ3v) is 3.36. The lowest BCUT2D eigenvalue weighted by atomic mass is 9.72. The zero-order chi connectivity index (χ0) is 12.2. The Kier molecular flexibility index (Phi) is 4.78. The molecule has 1 N–H and O–H groups in total. The van der Waals surface area contributed by atoms with E-state index in [1.165, 1.54) is 6.42 Å². The first-order valence-electron chi connectivity index (χ1n) is 6.33. The molecule has 3 heteroatoms. The van der Waals surface area contributed by atoms with Crippen molar-refractivity contribution in [2.24, 2.45) is 11.8 Å². The molecule has 1 aliphatic carbocycles. The first kappa shape index (κ1) is 13.5. The van der Waals surface area contributed by atoms with Crippen molar-refractivity contribution in [3.63, 3.8) is 0 Å². The Hall–Kier alpha value is -0.570. The summed E-state index contributed by atoms with van der Waals surface area (Å²) in [4.78, 5) is 11.3. The predicted octanol–water partition coefficient (Wildman–Crippen LogP) is 2.52. The maximum atomic E-state index is 11.3. The fourth-order valence-electron chi connectivity index (χ4n) is 3.01. The average molecular weight is 228 g/mol. The molecule has 0 bridgehead atoms. The summed E-state index contributed by atoms with van der Waals surface area (Å²) >= 11 is 0. The third-order valence-electron chi connectivity index (χ3n) is 3.36. The zero-order valence-electron chi connectivity index (χ0n) is 10.7. The Morgan fingerprint density at radius 1 is 1.38 bits per heavy atom. The summed E-state index contributed by atoms with van der Waals surface area (Å²) in [6.07, 6.45) is 3.69. The van der Waals surface area contributed by atoms with Gasteiger partial charge in [-0.15, -0.1) is 0 Å². The van der Waals surface area contributed by atoms with Crippen molar-refractivity contribution < 1.29 is 14.6 Å². The molecule has 0 aromatic rings. The lowest BCUT2D eigenvalue weighted by molar-refractivity contribution is -0.145. The molecule has 3 nitrogen and oxygen atoms in total. The molecule has 0 spiro atoms. The van der Waals surface area contributed by atoms with Crippen molar-refractivity contribution >= 4 is 5.97 Å². The molecule has 0 heterocycles. The molecule has 1 rings (SSSR count).